The van der Waals surface area contributed by atoms with Gasteiger partial charge in [0.05, 0.1) is 45.4 Å². The minimum absolute atomic E-state index is 0.181. The van der Waals surface area contributed by atoms with Crippen molar-refractivity contribution < 1.29 is 19.1 Å². The molecule has 0 spiro atoms. The van der Waals surface area contributed by atoms with E-state index in [0.717, 1.165) is 5.57 Å². The van der Waals surface area contributed by atoms with Crippen LogP contribution >= 0.6 is 23.2 Å². The average Bonchev–Trinajstić information content (AvgIpc) is 3.03. The van der Waals surface area contributed by atoms with Crippen molar-refractivity contribution >= 4 is 52.0 Å². The summed E-state index contributed by atoms with van der Waals surface area (Å²) in [6, 6.07) is 6.63. The number of ether oxygens (including phenoxy) is 2. The third kappa shape index (κ3) is 3.57. The van der Waals surface area contributed by atoms with Gasteiger partial charge in [-0.2, -0.15) is 0 Å². The normalized spacial score (nSPS) is 17.9. The number of rotatable bonds is 3. The number of hydrogen-bond donors (Lipinski definition) is 1. The zero-order chi connectivity index (χ0) is 21.4. The van der Waals surface area contributed by atoms with Gasteiger partial charge < -0.3 is 19.7 Å². The summed E-state index contributed by atoms with van der Waals surface area (Å²) in [5.74, 6) is 2.08. The fourth-order valence-corrected chi connectivity index (χ4v) is 4.34. The largest absolute Gasteiger partial charge is 0.483 e. The molecule has 6 nitrogen and oxygen atoms in total. The van der Waals surface area contributed by atoms with E-state index in [1.54, 1.807) is 24.3 Å². The predicted molar refractivity (Wildman–Crippen MR) is 117 cm³/mol. The molecule has 2 aliphatic rings. The number of nitrogens with zero attached hydrogens (tertiary/aromatic N) is 1. The van der Waals surface area contributed by atoms with Crippen LogP contribution in [0.1, 0.15) is 24.2 Å². The highest BCUT2D eigenvalue weighted by atomic mass is 35.5. The minimum Gasteiger partial charge on any atom is -0.483 e. The number of benzene rings is 2. The molecule has 2 aliphatic heterocycles. The van der Waals surface area contributed by atoms with E-state index in [2.05, 4.69) is 16.2 Å². The maximum Gasteiger partial charge on any atom is 0.258 e. The standard InChI is InChI=1S/C22H20Cl2N2O4/c1-12-13(2)30-21-17(25-22(28)20-15(23)4-3-5-16(20)24)10-18(14(11-27)19(12)21)26-6-8-29-9-7-26/h3-5,10,13H,6-9H2,1-2H3,(H,25,28). The number of carbonyl (C=O) groups excluding carboxylic acids is 2. The lowest BCUT2D eigenvalue weighted by Gasteiger charge is -2.29. The molecule has 0 saturated carbocycles. The molecular weight excluding hydrogens is 427 g/mol. The van der Waals surface area contributed by atoms with Crippen LogP contribution in [-0.2, 0) is 9.53 Å². The number of nitrogens with one attached hydrogen (secondary N) is 1. The number of anilines is 2. The summed E-state index contributed by atoms with van der Waals surface area (Å²) < 4.78 is 11.4. The Morgan fingerprint density at radius 3 is 2.53 bits per heavy atom. The SMILES string of the molecule is CC1=c2c(c(NC(=O)c3c(Cl)cccc3Cl)cc(N3CCOCC3)c2=C=O)OC1C. The predicted octanol–water partition coefficient (Wildman–Crippen LogP) is 2.54. The third-order valence-electron chi connectivity index (χ3n) is 5.45. The Morgan fingerprint density at radius 2 is 1.90 bits per heavy atom. The van der Waals surface area contributed by atoms with Crippen molar-refractivity contribution in [2.24, 2.45) is 0 Å². The van der Waals surface area contributed by atoms with Gasteiger partial charge in [0.15, 0.2) is 5.75 Å². The van der Waals surface area contributed by atoms with Crippen molar-refractivity contribution in [2.45, 2.75) is 20.0 Å². The van der Waals surface area contributed by atoms with Gasteiger partial charge in [-0.3, -0.25) is 4.79 Å². The van der Waals surface area contributed by atoms with Crippen LogP contribution in [0.25, 0.3) is 5.57 Å². The summed E-state index contributed by atoms with van der Waals surface area (Å²) in [5, 5.41) is 4.48. The first kappa shape index (κ1) is 20.8. The number of halogens is 2. The van der Waals surface area contributed by atoms with Crippen molar-refractivity contribution in [2.75, 3.05) is 36.5 Å². The lowest BCUT2D eigenvalue weighted by atomic mass is 10.1. The monoisotopic (exact) mass is 446 g/mol. The zero-order valence-corrected chi connectivity index (χ0v) is 18.1. The van der Waals surface area contributed by atoms with Gasteiger partial charge in [0.25, 0.3) is 5.91 Å². The molecule has 2 aromatic carbocycles. The first-order valence-corrected chi connectivity index (χ1v) is 10.4. The second kappa shape index (κ2) is 8.32. The van der Waals surface area contributed by atoms with Crippen molar-refractivity contribution in [3.63, 3.8) is 0 Å². The lowest BCUT2D eigenvalue weighted by Crippen LogP contribution is -2.42. The van der Waals surface area contributed by atoms with Gasteiger partial charge in [-0.05, 0) is 37.6 Å². The molecule has 8 heteroatoms. The second-order valence-electron chi connectivity index (χ2n) is 7.22. The number of morpholine rings is 1. The van der Waals surface area contributed by atoms with Crippen molar-refractivity contribution in [1.82, 2.24) is 0 Å². The molecule has 4 rings (SSSR count). The molecule has 0 aliphatic carbocycles. The van der Waals surface area contributed by atoms with Crippen molar-refractivity contribution in [3.05, 3.63) is 50.3 Å². The topological polar surface area (TPSA) is 67.9 Å². The minimum atomic E-state index is -0.454. The number of amides is 1. The lowest BCUT2D eigenvalue weighted by molar-refractivity contribution is 0.102. The Balaban J connectivity index is 1.87. The van der Waals surface area contributed by atoms with Gasteiger partial charge in [-0.15, -0.1) is 0 Å². The smallest absolute Gasteiger partial charge is 0.258 e. The van der Waals surface area contributed by atoms with Gasteiger partial charge in [-0.25, -0.2) is 4.79 Å². The van der Waals surface area contributed by atoms with Gasteiger partial charge in [0, 0.05) is 18.3 Å². The van der Waals surface area contributed by atoms with Gasteiger partial charge >= 0.3 is 0 Å². The van der Waals surface area contributed by atoms with Crippen LogP contribution in [0.5, 0.6) is 5.75 Å². The zero-order valence-electron chi connectivity index (χ0n) is 16.6. The second-order valence-corrected chi connectivity index (χ2v) is 8.03. The van der Waals surface area contributed by atoms with E-state index in [1.807, 2.05) is 13.8 Å². The summed E-state index contributed by atoms with van der Waals surface area (Å²) >= 11 is 12.4. The fraction of sp³-hybridized carbons (Fsp3) is 0.318. The van der Waals surface area contributed by atoms with Crippen LogP contribution in [0.15, 0.2) is 24.3 Å². The van der Waals surface area contributed by atoms with Crippen molar-refractivity contribution in [3.8, 4) is 5.75 Å². The van der Waals surface area contributed by atoms with Crippen LogP contribution in [0.2, 0.25) is 10.0 Å². The molecule has 1 saturated heterocycles. The van der Waals surface area contributed by atoms with E-state index in [0.29, 0.717) is 53.9 Å². The molecule has 1 atom stereocenters. The molecule has 1 amide bonds. The van der Waals surface area contributed by atoms with E-state index in [9.17, 15) is 9.59 Å². The molecule has 0 aromatic heterocycles. The molecular formula is C22H20Cl2N2O4. The van der Waals surface area contributed by atoms with E-state index in [4.69, 9.17) is 32.7 Å². The fourth-order valence-electron chi connectivity index (χ4n) is 3.77. The summed E-state index contributed by atoms with van der Waals surface area (Å²) in [6.45, 7) is 6.19. The summed E-state index contributed by atoms with van der Waals surface area (Å²) in [5.41, 5.74) is 2.23. The van der Waals surface area contributed by atoms with Crippen LogP contribution < -0.4 is 25.4 Å². The Bertz CT molecular complexity index is 1150. The Hall–Kier alpha value is -2.50. The highest BCUT2D eigenvalue weighted by Crippen LogP contribution is 2.32. The number of fused-ring (bicyclic) bond motifs is 1. The van der Waals surface area contributed by atoms with E-state index in [1.165, 1.54) is 0 Å². The van der Waals surface area contributed by atoms with E-state index < -0.39 is 5.91 Å². The molecule has 1 unspecified atom stereocenters. The molecule has 2 heterocycles. The average molecular weight is 447 g/mol. The molecule has 156 valence electrons. The van der Waals surface area contributed by atoms with Crippen LogP contribution in [0.3, 0.4) is 0 Å². The first-order valence-electron chi connectivity index (χ1n) is 9.60. The van der Waals surface area contributed by atoms with Crippen LogP contribution in [0, 0.1) is 0 Å². The molecule has 1 N–H and O–H groups in total. The van der Waals surface area contributed by atoms with Crippen LogP contribution in [-0.4, -0.2) is 44.3 Å². The van der Waals surface area contributed by atoms with Crippen molar-refractivity contribution in [1.29, 1.82) is 0 Å². The molecule has 0 radical (unpaired) electrons. The maximum absolute atomic E-state index is 13.0. The van der Waals surface area contributed by atoms with E-state index >= 15 is 0 Å². The summed E-state index contributed by atoms with van der Waals surface area (Å²) in [7, 11) is 0. The van der Waals surface area contributed by atoms with Gasteiger partial charge in [0.1, 0.15) is 12.0 Å². The Morgan fingerprint density at radius 1 is 1.23 bits per heavy atom. The van der Waals surface area contributed by atoms with Crippen LogP contribution in [0.4, 0.5) is 11.4 Å². The Kier molecular flexibility index (Phi) is 5.76. The summed E-state index contributed by atoms with van der Waals surface area (Å²) in [6.07, 6.45) is -0.230. The van der Waals surface area contributed by atoms with Gasteiger partial charge in [-0.1, -0.05) is 29.3 Å². The summed E-state index contributed by atoms with van der Waals surface area (Å²) in [4.78, 5) is 27.0. The van der Waals surface area contributed by atoms with Gasteiger partial charge in [0.2, 0.25) is 0 Å². The highest BCUT2D eigenvalue weighted by Gasteiger charge is 2.27. The molecule has 1 fully saturated rings. The molecule has 2 aromatic rings. The highest BCUT2D eigenvalue weighted by molar-refractivity contribution is 6.40. The first-order chi connectivity index (χ1) is 14.4. The van der Waals surface area contributed by atoms with E-state index in [-0.39, 0.29) is 21.7 Å². The third-order valence-corrected chi connectivity index (χ3v) is 6.08. The quantitative estimate of drug-likeness (QED) is 0.784. The number of hydrogen-bond acceptors (Lipinski definition) is 5. The number of carbonyl (C=O) groups is 1. The molecule has 30 heavy (non-hydrogen) atoms. The maximum atomic E-state index is 13.0. The Labute approximate surface area is 183 Å². The molecule has 0 bridgehead atoms.